The zero-order chi connectivity index (χ0) is 19.4. The summed E-state index contributed by atoms with van der Waals surface area (Å²) < 4.78 is 0. The number of carbonyl (C=O) groups excluding carboxylic acids is 1. The number of aromatic amines is 1. The second-order valence-corrected chi connectivity index (χ2v) is 8.95. The third-order valence-electron chi connectivity index (χ3n) is 6.15. The minimum atomic E-state index is -0.502. The van der Waals surface area contributed by atoms with Gasteiger partial charge in [0.2, 0.25) is 0 Å². The van der Waals surface area contributed by atoms with Crippen LogP contribution in [0.5, 0.6) is 0 Å². The van der Waals surface area contributed by atoms with E-state index >= 15 is 0 Å². The summed E-state index contributed by atoms with van der Waals surface area (Å²) in [6, 6.07) is 14.2. The highest BCUT2D eigenvalue weighted by Gasteiger charge is 2.37. The maximum Gasteiger partial charge on any atom is 0.274 e. The number of aromatic nitrogens is 1. The smallest absolute Gasteiger partial charge is 0.274 e. The number of H-pyrrole nitrogens is 1. The molecule has 3 aromatic rings. The summed E-state index contributed by atoms with van der Waals surface area (Å²) in [6.45, 7) is 9.32. The Morgan fingerprint density at radius 3 is 2.37 bits per heavy atom. The third-order valence-corrected chi connectivity index (χ3v) is 6.15. The average molecular weight is 362 g/mol. The van der Waals surface area contributed by atoms with Crippen molar-refractivity contribution in [3.63, 3.8) is 0 Å². The predicted octanol–water partition coefficient (Wildman–Crippen LogP) is 5.30. The number of nitrogens with one attached hydrogen (secondary N) is 2. The van der Waals surface area contributed by atoms with Crippen molar-refractivity contribution < 1.29 is 10.0 Å². The first-order chi connectivity index (χ1) is 12.7. The van der Waals surface area contributed by atoms with E-state index in [1.807, 2.05) is 6.07 Å². The Bertz CT molecular complexity index is 1040. The molecule has 1 heterocycles. The Kier molecular flexibility index (Phi) is 3.93. The first-order valence-corrected chi connectivity index (χ1v) is 9.44. The molecule has 4 heteroatoms. The minimum absolute atomic E-state index is 0.166. The molecule has 4 nitrogen and oxygen atoms in total. The Morgan fingerprint density at radius 1 is 0.963 bits per heavy atom. The van der Waals surface area contributed by atoms with Crippen LogP contribution in [0.15, 0.2) is 42.5 Å². The molecule has 0 spiro atoms. The first-order valence-electron chi connectivity index (χ1n) is 9.44. The SMILES string of the molecule is CC1(C)CCC(C)(C)c2cc(-c3cc4cc(C(=O)NO)ccc4[nH]3)ccc21. The van der Waals surface area contributed by atoms with E-state index in [2.05, 4.69) is 56.9 Å². The van der Waals surface area contributed by atoms with Crippen LogP contribution in [0.3, 0.4) is 0 Å². The summed E-state index contributed by atoms with van der Waals surface area (Å²) in [6.07, 6.45) is 2.39. The third kappa shape index (κ3) is 2.94. The highest BCUT2D eigenvalue weighted by Crippen LogP contribution is 2.46. The van der Waals surface area contributed by atoms with E-state index < -0.39 is 5.91 Å². The molecule has 0 radical (unpaired) electrons. The van der Waals surface area contributed by atoms with Crippen LogP contribution in [0.25, 0.3) is 22.2 Å². The molecule has 0 aliphatic heterocycles. The van der Waals surface area contributed by atoms with Crippen LogP contribution in [0, 0.1) is 0 Å². The van der Waals surface area contributed by atoms with Gasteiger partial charge in [-0.2, -0.15) is 0 Å². The number of carbonyl (C=O) groups is 1. The number of hydrogen-bond acceptors (Lipinski definition) is 2. The van der Waals surface area contributed by atoms with Gasteiger partial charge in [-0.05, 0) is 70.7 Å². The second kappa shape index (κ2) is 5.96. The molecule has 1 aromatic heterocycles. The van der Waals surface area contributed by atoms with Crippen LogP contribution in [0.1, 0.15) is 62.0 Å². The quantitative estimate of drug-likeness (QED) is 0.428. The molecular weight excluding hydrogens is 336 g/mol. The van der Waals surface area contributed by atoms with Crippen LogP contribution in [-0.4, -0.2) is 16.1 Å². The Balaban J connectivity index is 1.81. The van der Waals surface area contributed by atoms with Crippen molar-refractivity contribution in [2.24, 2.45) is 0 Å². The van der Waals surface area contributed by atoms with Gasteiger partial charge in [-0.15, -0.1) is 0 Å². The molecule has 0 bridgehead atoms. The van der Waals surface area contributed by atoms with E-state index in [0.717, 1.165) is 22.2 Å². The monoisotopic (exact) mass is 362 g/mol. The molecule has 140 valence electrons. The molecule has 0 fully saturated rings. The van der Waals surface area contributed by atoms with E-state index in [1.54, 1.807) is 17.6 Å². The fourth-order valence-electron chi connectivity index (χ4n) is 4.25. The molecule has 27 heavy (non-hydrogen) atoms. The molecule has 0 saturated heterocycles. The van der Waals surface area contributed by atoms with Crippen molar-refractivity contribution in [2.75, 3.05) is 0 Å². The molecule has 2 aromatic carbocycles. The summed E-state index contributed by atoms with van der Waals surface area (Å²) in [7, 11) is 0. The largest absolute Gasteiger partial charge is 0.355 e. The van der Waals surface area contributed by atoms with E-state index in [4.69, 9.17) is 5.21 Å². The molecule has 0 unspecified atom stereocenters. The standard InChI is InChI=1S/C23H26N2O2/c1-22(2)9-10-23(3,4)18-12-14(5-7-17(18)22)20-13-16-11-15(21(26)25-27)6-8-19(16)24-20/h5-8,11-13,24,27H,9-10H2,1-4H3,(H,25,26). The van der Waals surface area contributed by atoms with E-state index in [9.17, 15) is 4.79 Å². The number of amides is 1. The summed E-state index contributed by atoms with van der Waals surface area (Å²) in [4.78, 5) is 15.1. The molecule has 0 saturated carbocycles. The number of benzene rings is 2. The van der Waals surface area contributed by atoms with E-state index in [0.29, 0.717) is 5.56 Å². The fourth-order valence-corrected chi connectivity index (χ4v) is 4.25. The zero-order valence-corrected chi connectivity index (χ0v) is 16.3. The van der Waals surface area contributed by atoms with Gasteiger partial charge >= 0.3 is 0 Å². The van der Waals surface area contributed by atoms with Crippen molar-refractivity contribution in [1.82, 2.24) is 10.5 Å². The highest BCUT2D eigenvalue weighted by molar-refractivity contribution is 5.98. The van der Waals surface area contributed by atoms with Crippen molar-refractivity contribution >= 4 is 16.8 Å². The van der Waals surface area contributed by atoms with Gasteiger partial charge in [0.05, 0.1) is 0 Å². The Labute approximate surface area is 159 Å². The Morgan fingerprint density at radius 2 is 1.67 bits per heavy atom. The molecular formula is C23H26N2O2. The van der Waals surface area contributed by atoms with Gasteiger partial charge in [-0.25, -0.2) is 5.48 Å². The van der Waals surface area contributed by atoms with Crippen LogP contribution in [0.2, 0.25) is 0 Å². The fraction of sp³-hybridized carbons (Fsp3) is 0.348. The summed E-state index contributed by atoms with van der Waals surface area (Å²) >= 11 is 0. The number of fused-ring (bicyclic) bond motifs is 2. The van der Waals surface area contributed by atoms with Gasteiger partial charge in [-0.1, -0.05) is 39.8 Å². The number of hydrogen-bond donors (Lipinski definition) is 3. The minimum Gasteiger partial charge on any atom is -0.355 e. The van der Waals surface area contributed by atoms with Crippen LogP contribution < -0.4 is 5.48 Å². The van der Waals surface area contributed by atoms with Gasteiger partial charge < -0.3 is 4.98 Å². The first kappa shape index (κ1) is 17.8. The Hall–Kier alpha value is -2.59. The second-order valence-electron chi connectivity index (χ2n) is 8.95. The van der Waals surface area contributed by atoms with Crippen LogP contribution >= 0.6 is 0 Å². The normalized spacial score (nSPS) is 17.5. The lowest BCUT2D eigenvalue weighted by Gasteiger charge is -2.42. The predicted molar refractivity (Wildman–Crippen MR) is 108 cm³/mol. The topological polar surface area (TPSA) is 65.1 Å². The van der Waals surface area contributed by atoms with Crippen molar-refractivity contribution in [3.05, 3.63) is 59.2 Å². The molecule has 3 N–H and O–H groups in total. The lowest BCUT2D eigenvalue weighted by molar-refractivity contribution is 0.0706. The van der Waals surface area contributed by atoms with Crippen LogP contribution in [0.4, 0.5) is 0 Å². The van der Waals surface area contributed by atoms with Crippen molar-refractivity contribution in [1.29, 1.82) is 0 Å². The molecule has 4 rings (SSSR count). The van der Waals surface area contributed by atoms with Crippen molar-refractivity contribution in [2.45, 2.75) is 51.4 Å². The van der Waals surface area contributed by atoms with Crippen LogP contribution in [-0.2, 0) is 10.8 Å². The number of rotatable bonds is 2. The van der Waals surface area contributed by atoms with Gasteiger partial charge in [0, 0.05) is 22.2 Å². The summed E-state index contributed by atoms with van der Waals surface area (Å²) in [5, 5.41) is 9.79. The summed E-state index contributed by atoms with van der Waals surface area (Å²) in [5.74, 6) is -0.502. The van der Waals surface area contributed by atoms with Gasteiger partial charge in [-0.3, -0.25) is 10.0 Å². The number of hydroxylamine groups is 1. The summed E-state index contributed by atoms with van der Waals surface area (Å²) in [5.41, 5.74) is 8.52. The lowest BCUT2D eigenvalue weighted by Crippen LogP contribution is -2.33. The maximum absolute atomic E-state index is 11.7. The van der Waals surface area contributed by atoms with Gasteiger partial charge in [0.1, 0.15) is 0 Å². The molecule has 1 amide bonds. The molecule has 0 atom stereocenters. The van der Waals surface area contributed by atoms with Crippen molar-refractivity contribution in [3.8, 4) is 11.3 Å². The van der Waals surface area contributed by atoms with E-state index in [1.165, 1.54) is 24.0 Å². The van der Waals surface area contributed by atoms with Gasteiger partial charge in [0.15, 0.2) is 0 Å². The van der Waals surface area contributed by atoms with Gasteiger partial charge in [0.25, 0.3) is 5.91 Å². The molecule has 1 aliphatic rings. The highest BCUT2D eigenvalue weighted by atomic mass is 16.5. The van der Waals surface area contributed by atoms with E-state index in [-0.39, 0.29) is 10.8 Å². The average Bonchev–Trinajstić information content (AvgIpc) is 3.08. The maximum atomic E-state index is 11.7. The zero-order valence-electron chi connectivity index (χ0n) is 16.3. The molecule has 1 aliphatic carbocycles. The lowest BCUT2D eigenvalue weighted by atomic mass is 9.63.